The van der Waals surface area contributed by atoms with Crippen LogP contribution in [0.3, 0.4) is 0 Å². The van der Waals surface area contributed by atoms with Crippen molar-refractivity contribution in [2.24, 2.45) is 14.1 Å². The van der Waals surface area contributed by atoms with Gasteiger partial charge in [-0.15, -0.1) is 10.2 Å². The lowest BCUT2D eigenvalue weighted by Gasteiger charge is -2.08. The van der Waals surface area contributed by atoms with E-state index in [0.29, 0.717) is 26.5 Å². The summed E-state index contributed by atoms with van der Waals surface area (Å²) in [7, 11) is 3.41. The fourth-order valence-electron chi connectivity index (χ4n) is 2.14. The van der Waals surface area contributed by atoms with Crippen molar-refractivity contribution in [2.75, 3.05) is 0 Å². The van der Waals surface area contributed by atoms with E-state index in [0.717, 1.165) is 5.56 Å². The first-order valence-corrected chi connectivity index (χ1v) is 6.97. The highest BCUT2D eigenvalue weighted by Gasteiger charge is 2.10. The number of aryl methyl sites for hydroxylation is 1. The van der Waals surface area contributed by atoms with Crippen LogP contribution in [0.4, 0.5) is 0 Å². The highest BCUT2D eigenvalue weighted by molar-refractivity contribution is 7.71. The van der Waals surface area contributed by atoms with Gasteiger partial charge in [-0.2, -0.15) is 0 Å². The molecule has 1 aromatic carbocycles. The summed E-state index contributed by atoms with van der Waals surface area (Å²) in [5.74, 6) is 0. The molecule has 0 spiro atoms. The zero-order valence-electron chi connectivity index (χ0n) is 11.4. The Bertz CT molecular complexity index is 960. The van der Waals surface area contributed by atoms with Crippen LogP contribution in [-0.4, -0.2) is 19.3 Å². The molecule has 106 valence electrons. The zero-order chi connectivity index (χ0) is 15.1. The van der Waals surface area contributed by atoms with E-state index in [-0.39, 0.29) is 5.56 Å². The van der Waals surface area contributed by atoms with Crippen LogP contribution in [0.15, 0.2) is 35.1 Å². The van der Waals surface area contributed by atoms with E-state index >= 15 is 0 Å². The van der Waals surface area contributed by atoms with Crippen molar-refractivity contribution < 1.29 is 0 Å². The van der Waals surface area contributed by atoms with Crippen molar-refractivity contribution >= 4 is 34.9 Å². The van der Waals surface area contributed by atoms with Gasteiger partial charge in [-0.25, -0.2) is 0 Å². The van der Waals surface area contributed by atoms with Crippen LogP contribution in [0.2, 0.25) is 5.02 Å². The molecule has 0 fully saturated rings. The van der Waals surface area contributed by atoms with Gasteiger partial charge >= 0.3 is 0 Å². The molecule has 0 bridgehead atoms. The fraction of sp³-hybridized carbons (Fsp3) is 0.143. The lowest BCUT2D eigenvalue weighted by Crippen LogP contribution is -2.22. The Morgan fingerprint density at radius 2 is 1.76 bits per heavy atom. The quantitative estimate of drug-likeness (QED) is 0.647. The number of hydrogen-bond acceptors (Lipinski definition) is 4. The summed E-state index contributed by atoms with van der Waals surface area (Å²) in [4.78, 5) is 12.3. The van der Waals surface area contributed by atoms with Gasteiger partial charge in [-0.3, -0.25) is 9.36 Å². The highest BCUT2D eigenvalue weighted by Crippen LogP contribution is 2.20. The monoisotopic (exact) mass is 318 g/mol. The molecule has 2 aromatic heterocycles. The molecule has 3 rings (SSSR count). The number of benzene rings is 1. The minimum atomic E-state index is -0.182. The van der Waals surface area contributed by atoms with E-state index in [1.807, 2.05) is 12.1 Å². The van der Waals surface area contributed by atoms with E-state index in [1.165, 1.54) is 4.57 Å². The third-order valence-electron chi connectivity index (χ3n) is 3.34. The molecule has 0 unspecified atom stereocenters. The lowest BCUT2D eigenvalue weighted by atomic mass is 10.1. The van der Waals surface area contributed by atoms with Gasteiger partial charge in [0, 0.05) is 24.7 Å². The van der Waals surface area contributed by atoms with Crippen LogP contribution in [0, 0.1) is 4.77 Å². The average molecular weight is 319 g/mol. The Morgan fingerprint density at radius 3 is 2.43 bits per heavy atom. The Hall–Kier alpha value is -2.05. The van der Waals surface area contributed by atoms with Gasteiger partial charge < -0.3 is 4.57 Å². The Morgan fingerprint density at radius 1 is 1.10 bits per heavy atom. The standard InChI is InChI=1S/C14H11ClN4OS/c1-18-12-10(13(20)19(2)14(18)21)7-11(16-17-12)8-3-5-9(15)6-4-8/h3-7H,1-2H3. The second-order valence-corrected chi connectivity index (χ2v) is 5.48. The predicted molar refractivity (Wildman–Crippen MR) is 85.0 cm³/mol. The van der Waals surface area contributed by atoms with Crippen LogP contribution in [0.5, 0.6) is 0 Å². The summed E-state index contributed by atoms with van der Waals surface area (Å²) in [6.45, 7) is 0. The van der Waals surface area contributed by atoms with Crippen molar-refractivity contribution in [1.29, 1.82) is 0 Å². The summed E-state index contributed by atoms with van der Waals surface area (Å²) in [5, 5.41) is 9.44. The first kappa shape index (κ1) is 13.9. The molecule has 0 aliphatic heterocycles. The summed E-state index contributed by atoms with van der Waals surface area (Å²) in [6.07, 6.45) is 0. The lowest BCUT2D eigenvalue weighted by molar-refractivity contribution is 0.735. The minimum Gasteiger partial charge on any atom is -0.304 e. The molecule has 3 aromatic rings. The molecule has 0 amide bonds. The number of rotatable bonds is 1. The van der Waals surface area contributed by atoms with Gasteiger partial charge in [-0.1, -0.05) is 23.7 Å². The van der Waals surface area contributed by atoms with Crippen LogP contribution in [0.25, 0.3) is 22.3 Å². The molecule has 0 saturated carbocycles. The van der Waals surface area contributed by atoms with E-state index in [2.05, 4.69) is 10.2 Å². The van der Waals surface area contributed by atoms with Crippen molar-refractivity contribution in [3.8, 4) is 11.3 Å². The highest BCUT2D eigenvalue weighted by atomic mass is 35.5. The SMILES string of the molecule is Cn1c(=O)c2cc(-c3ccc(Cl)cc3)nnc2n(C)c1=S. The topological polar surface area (TPSA) is 52.7 Å². The third kappa shape index (κ3) is 2.26. The molecule has 7 heteroatoms. The van der Waals surface area contributed by atoms with Crippen LogP contribution in [-0.2, 0) is 14.1 Å². The number of fused-ring (bicyclic) bond motifs is 1. The molecule has 5 nitrogen and oxygen atoms in total. The molecule has 0 radical (unpaired) electrons. The molecule has 0 N–H and O–H groups in total. The largest absolute Gasteiger partial charge is 0.304 e. The zero-order valence-corrected chi connectivity index (χ0v) is 12.9. The van der Waals surface area contributed by atoms with Gasteiger partial charge in [0.05, 0.1) is 11.1 Å². The molecule has 0 aliphatic carbocycles. The van der Waals surface area contributed by atoms with E-state index in [9.17, 15) is 4.79 Å². The summed E-state index contributed by atoms with van der Waals surface area (Å²) >= 11 is 11.1. The van der Waals surface area contributed by atoms with Gasteiger partial charge in [0.1, 0.15) is 0 Å². The van der Waals surface area contributed by atoms with E-state index in [4.69, 9.17) is 23.8 Å². The smallest absolute Gasteiger partial charge is 0.263 e. The van der Waals surface area contributed by atoms with Crippen molar-refractivity contribution in [3.63, 3.8) is 0 Å². The Kier molecular flexibility index (Phi) is 3.35. The van der Waals surface area contributed by atoms with Crippen molar-refractivity contribution in [3.05, 3.63) is 50.5 Å². The molecule has 2 heterocycles. The first-order valence-electron chi connectivity index (χ1n) is 6.18. The average Bonchev–Trinajstić information content (AvgIpc) is 2.51. The van der Waals surface area contributed by atoms with Gasteiger partial charge in [0.15, 0.2) is 10.4 Å². The molecule has 0 aliphatic rings. The van der Waals surface area contributed by atoms with E-state index < -0.39 is 0 Å². The van der Waals surface area contributed by atoms with Crippen LogP contribution in [0.1, 0.15) is 0 Å². The van der Waals surface area contributed by atoms with E-state index in [1.54, 1.807) is 36.9 Å². The number of nitrogens with zero attached hydrogens (tertiary/aromatic N) is 4. The van der Waals surface area contributed by atoms with Crippen molar-refractivity contribution in [2.45, 2.75) is 0 Å². The fourth-order valence-corrected chi connectivity index (χ4v) is 2.43. The molecular formula is C14H11ClN4OS. The molecular weight excluding hydrogens is 308 g/mol. The summed E-state index contributed by atoms with van der Waals surface area (Å²) < 4.78 is 3.50. The predicted octanol–water partition coefficient (Wildman–Crippen LogP) is 2.72. The maximum absolute atomic E-state index is 12.3. The van der Waals surface area contributed by atoms with Crippen LogP contribution < -0.4 is 5.56 Å². The number of hydrogen-bond donors (Lipinski definition) is 0. The van der Waals surface area contributed by atoms with Crippen LogP contribution >= 0.6 is 23.8 Å². The molecule has 0 atom stereocenters. The third-order valence-corrected chi connectivity index (χ3v) is 4.14. The van der Waals surface area contributed by atoms with Gasteiger partial charge in [-0.05, 0) is 30.4 Å². The minimum absolute atomic E-state index is 0.182. The number of halogens is 1. The van der Waals surface area contributed by atoms with Gasteiger partial charge in [0.2, 0.25) is 0 Å². The second kappa shape index (κ2) is 5.05. The molecule has 0 saturated heterocycles. The summed E-state index contributed by atoms with van der Waals surface area (Å²) in [5.41, 5.74) is 1.76. The Balaban J connectivity index is 2.33. The maximum atomic E-state index is 12.3. The summed E-state index contributed by atoms with van der Waals surface area (Å²) in [6, 6.07) is 8.94. The first-order chi connectivity index (χ1) is 9.99. The molecule has 21 heavy (non-hydrogen) atoms. The second-order valence-electron chi connectivity index (χ2n) is 4.68. The normalized spacial score (nSPS) is 11.0. The maximum Gasteiger partial charge on any atom is 0.263 e. The van der Waals surface area contributed by atoms with Crippen molar-refractivity contribution in [1.82, 2.24) is 19.3 Å². The Labute approximate surface area is 130 Å². The van der Waals surface area contributed by atoms with Gasteiger partial charge in [0.25, 0.3) is 5.56 Å². The number of aromatic nitrogens is 4.